The van der Waals surface area contributed by atoms with Crippen molar-refractivity contribution in [3.8, 4) is 0 Å². The van der Waals surface area contributed by atoms with Gasteiger partial charge in [0.15, 0.2) is 0 Å². The highest BCUT2D eigenvalue weighted by atomic mass is 16.2. The molecular weight excluding hydrogens is 370 g/mol. The van der Waals surface area contributed by atoms with Crippen molar-refractivity contribution in [3.63, 3.8) is 0 Å². The van der Waals surface area contributed by atoms with Gasteiger partial charge in [-0.2, -0.15) is 0 Å². The summed E-state index contributed by atoms with van der Waals surface area (Å²) in [6, 6.07) is 17.0. The SMILES string of the molecule is CC1CN2c3ccccc3C(C)(C)C2(/C=C/C=C/c2ccc(N(C)C)cc2)NC1=O. The largest absolute Gasteiger partial charge is 0.378 e. The minimum absolute atomic E-state index is 0.0424. The van der Waals surface area contributed by atoms with Gasteiger partial charge in [0, 0.05) is 37.4 Å². The van der Waals surface area contributed by atoms with Crippen molar-refractivity contribution in [3.05, 3.63) is 77.9 Å². The second kappa shape index (κ2) is 7.35. The summed E-state index contributed by atoms with van der Waals surface area (Å²) in [4.78, 5) is 17.2. The van der Waals surface area contributed by atoms with Crippen LogP contribution >= 0.6 is 0 Å². The van der Waals surface area contributed by atoms with Crippen LogP contribution in [0.25, 0.3) is 6.08 Å². The number of hydrogen-bond donors (Lipinski definition) is 1. The molecule has 1 amide bonds. The quantitative estimate of drug-likeness (QED) is 0.762. The Morgan fingerprint density at radius 3 is 2.47 bits per heavy atom. The Morgan fingerprint density at radius 1 is 1.07 bits per heavy atom. The molecule has 2 unspecified atom stereocenters. The van der Waals surface area contributed by atoms with Gasteiger partial charge in [-0.1, -0.05) is 69.3 Å². The van der Waals surface area contributed by atoms with Gasteiger partial charge in [-0.05, 0) is 35.4 Å². The smallest absolute Gasteiger partial charge is 0.226 e. The molecule has 0 spiro atoms. The van der Waals surface area contributed by atoms with Gasteiger partial charge in [-0.3, -0.25) is 4.79 Å². The highest BCUT2D eigenvalue weighted by Gasteiger charge is 2.58. The lowest BCUT2D eigenvalue weighted by molar-refractivity contribution is -0.128. The summed E-state index contributed by atoms with van der Waals surface area (Å²) in [5, 5.41) is 3.36. The molecule has 2 aromatic carbocycles. The predicted octanol–water partition coefficient (Wildman–Crippen LogP) is 4.58. The lowest BCUT2D eigenvalue weighted by atomic mass is 9.74. The molecule has 4 nitrogen and oxygen atoms in total. The maximum absolute atomic E-state index is 12.7. The topological polar surface area (TPSA) is 35.6 Å². The number of fused-ring (bicyclic) bond motifs is 3. The lowest BCUT2D eigenvalue weighted by Gasteiger charge is -2.50. The molecule has 0 saturated carbocycles. The summed E-state index contributed by atoms with van der Waals surface area (Å²) in [5.41, 5.74) is 3.99. The number of amides is 1. The Kier molecular flexibility index (Phi) is 4.97. The normalized spacial score (nSPS) is 24.8. The van der Waals surface area contributed by atoms with Crippen molar-refractivity contribution in [1.29, 1.82) is 0 Å². The number of benzene rings is 2. The minimum atomic E-state index is -0.570. The summed E-state index contributed by atoms with van der Waals surface area (Å²) in [5.74, 6) is 0.0688. The van der Waals surface area contributed by atoms with Gasteiger partial charge in [0.1, 0.15) is 5.66 Å². The lowest BCUT2D eigenvalue weighted by Crippen LogP contribution is -2.70. The molecule has 1 N–H and O–H groups in total. The van der Waals surface area contributed by atoms with E-state index in [2.05, 4.69) is 102 Å². The molecule has 0 aliphatic carbocycles. The van der Waals surface area contributed by atoms with Crippen molar-refractivity contribution >= 4 is 23.4 Å². The van der Waals surface area contributed by atoms with Crippen LogP contribution < -0.4 is 15.1 Å². The molecule has 30 heavy (non-hydrogen) atoms. The van der Waals surface area contributed by atoms with Crippen molar-refractivity contribution in [2.24, 2.45) is 5.92 Å². The first-order valence-corrected chi connectivity index (χ1v) is 10.6. The Balaban J connectivity index is 1.65. The summed E-state index contributed by atoms with van der Waals surface area (Å²) >= 11 is 0. The van der Waals surface area contributed by atoms with Gasteiger partial charge in [0.05, 0.1) is 5.92 Å². The highest BCUT2D eigenvalue weighted by Crippen LogP contribution is 2.52. The zero-order valence-corrected chi connectivity index (χ0v) is 18.5. The van der Waals surface area contributed by atoms with Crippen LogP contribution in [0, 0.1) is 5.92 Å². The van der Waals surface area contributed by atoms with E-state index in [0.717, 1.165) is 5.56 Å². The number of nitrogens with zero attached hydrogens (tertiary/aromatic N) is 2. The van der Waals surface area contributed by atoms with Crippen LogP contribution in [0.2, 0.25) is 0 Å². The van der Waals surface area contributed by atoms with Crippen molar-refractivity contribution in [1.82, 2.24) is 5.32 Å². The Morgan fingerprint density at radius 2 is 1.77 bits per heavy atom. The van der Waals surface area contributed by atoms with Crippen LogP contribution in [-0.2, 0) is 10.2 Å². The van der Waals surface area contributed by atoms with E-state index in [-0.39, 0.29) is 17.2 Å². The van der Waals surface area contributed by atoms with E-state index in [1.807, 2.05) is 21.0 Å². The molecule has 0 radical (unpaired) electrons. The molecule has 2 aliphatic rings. The second-order valence-corrected chi connectivity index (χ2v) is 9.11. The molecule has 4 heteroatoms. The fourth-order valence-corrected chi connectivity index (χ4v) is 4.69. The molecule has 4 rings (SSSR count). The van der Waals surface area contributed by atoms with Crippen molar-refractivity contribution in [2.45, 2.75) is 31.8 Å². The minimum Gasteiger partial charge on any atom is -0.378 e. The Hall–Kier alpha value is -3.01. The van der Waals surface area contributed by atoms with E-state index in [4.69, 9.17) is 0 Å². The third kappa shape index (κ3) is 3.11. The number of para-hydroxylation sites is 1. The molecule has 0 bridgehead atoms. The van der Waals surface area contributed by atoms with Crippen LogP contribution in [0.15, 0.2) is 66.8 Å². The third-order valence-electron chi connectivity index (χ3n) is 6.61. The number of carbonyl (C=O) groups excluding carboxylic acids is 1. The van der Waals surface area contributed by atoms with Gasteiger partial charge in [0.2, 0.25) is 5.91 Å². The molecule has 2 aliphatic heterocycles. The highest BCUT2D eigenvalue weighted by molar-refractivity contribution is 5.85. The van der Waals surface area contributed by atoms with Crippen LogP contribution in [-0.4, -0.2) is 32.2 Å². The van der Waals surface area contributed by atoms with Gasteiger partial charge in [-0.25, -0.2) is 0 Å². The zero-order valence-electron chi connectivity index (χ0n) is 18.5. The van der Waals surface area contributed by atoms with Gasteiger partial charge < -0.3 is 15.1 Å². The van der Waals surface area contributed by atoms with Crippen LogP contribution in [0.4, 0.5) is 11.4 Å². The molecule has 156 valence electrons. The van der Waals surface area contributed by atoms with E-state index in [1.165, 1.54) is 16.9 Å². The van der Waals surface area contributed by atoms with E-state index in [1.54, 1.807) is 0 Å². The summed E-state index contributed by atoms with van der Waals surface area (Å²) < 4.78 is 0. The van der Waals surface area contributed by atoms with Crippen molar-refractivity contribution in [2.75, 3.05) is 30.4 Å². The standard InChI is InChI=1S/C26H31N3O/c1-19-18-29-23-12-7-6-11-22(23)25(2,3)26(29,27-24(19)30)17-9-8-10-20-13-15-21(16-14-20)28(4)5/h6-17,19H,18H2,1-5H3,(H,27,30)/b10-8+,17-9+. The number of allylic oxidation sites excluding steroid dienone is 2. The number of nitrogens with one attached hydrogen (secondary N) is 1. The van der Waals surface area contributed by atoms with E-state index < -0.39 is 5.66 Å². The zero-order chi connectivity index (χ0) is 21.5. The summed E-state index contributed by atoms with van der Waals surface area (Å²) in [7, 11) is 4.08. The fraction of sp³-hybridized carbons (Fsp3) is 0.346. The third-order valence-corrected chi connectivity index (χ3v) is 6.61. The number of anilines is 2. The molecule has 0 aromatic heterocycles. The van der Waals surface area contributed by atoms with Crippen molar-refractivity contribution < 1.29 is 4.79 Å². The van der Waals surface area contributed by atoms with E-state index in [0.29, 0.717) is 6.54 Å². The molecule has 1 fully saturated rings. The Bertz CT molecular complexity index is 1000. The van der Waals surface area contributed by atoms with E-state index >= 15 is 0 Å². The van der Waals surface area contributed by atoms with Gasteiger partial charge >= 0.3 is 0 Å². The summed E-state index contributed by atoms with van der Waals surface area (Å²) in [6.45, 7) is 7.15. The first kappa shape index (κ1) is 20.3. The summed E-state index contributed by atoms with van der Waals surface area (Å²) in [6.07, 6.45) is 8.37. The van der Waals surface area contributed by atoms with Crippen LogP contribution in [0.3, 0.4) is 0 Å². The number of rotatable bonds is 4. The number of hydrogen-bond acceptors (Lipinski definition) is 3. The average molecular weight is 402 g/mol. The molecule has 1 saturated heterocycles. The van der Waals surface area contributed by atoms with Crippen LogP contribution in [0.1, 0.15) is 31.9 Å². The number of carbonyl (C=O) groups is 1. The first-order chi connectivity index (χ1) is 14.3. The monoisotopic (exact) mass is 401 g/mol. The molecule has 2 atom stereocenters. The Labute approximate surface area is 179 Å². The average Bonchev–Trinajstić information content (AvgIpc) is 2.91. The fourth-order valence-electron chi connectivity index (χ4n) is 4.69. The molecular formula is C26H31N3O. The maximum Gasteiger partial charge on any atom is 0.226 e. The predicted molar refractivity (Wildman–Crippen MR) is 126 cm³/mol. The molecule has 2 aromatic rings. The van der Waals surface area contributed by atoms with Gasteiger partial charge in [0.25, 0.3) is 0 Å². The van der Waals surface area contributed by atoms with E-state index in [9.17, 15) is 4.79 Å². The van der Waals surface area contributed by atoms with Crippen LogP contribution in [0.5, 0.6) is 0 Å². The van der Waals surface area contributed by atoms with Gasteiger partial charge in [-0.15, -0.1) is 0 Å². The maximum atomic E-state index is 12.7. The first-order valence-electron chi connectivity index (χ1n) is 10.6. The second-order valence-electron chi connectivity index (χ2n) is 9.11. The molecule has 2 heterocycles.